The number of phenols is 1. The number of nitrogens with two attached hydrogens (primary N) is 1. The minimum atomic E-state index is -1.13. The number of carbonyl (C=O) groups is 1. The molecule has 1 aromatic carbocycles. The SMILES string of the molecule is NC(Cc1cc2c(c(Br)c1O)OCO2)C(=O)O. The van der Waals surface area contributed by atoms with Crippen LogP contribution in [0.15, 0.2) is 10.5 Å². The fourth-order valence-corrected chi connectivity index (χ4v) is 2.09. The minimum Gasteiger partial charge on any atom is -0.506 e. The maximum Gasteiger partial charge on any atom is 0.320 e. The van der Waals surface area contributed by atoms with Crippen molar-refractivity contribution in [2.24, 2.45) is 5.73 Å². The molecule has 0 radical (unpaired) electrons. The largest absolute Gasteiger partial charge is 0.506 e. The third-order valence-electron chi connectivity index (χ3n) is 2.42. The van der Waals surface area contributed by atoms with E-state index in [-0.39, 0.29) is 19.0 Å². The molecule has 1 aliphatic rings. The Hall–Kier alpha value is -1.47. The number of phenolic OH excluding ortho intramolecular Hbond substituents is 1. The Kier molecular flexibility index (Phi) is 3.12. The second-order valence-electron chi connectivity index (χ2n) is 3.58. The first-order valence-electron chi connectivity index (χ1n) is 4.79. The number of carboxylic acid groups (broad SMARTS) is 1. The van der Waals surface area contributed by atoms with Crippen molar-refractivity contribution >= 4 is 21.9 Å². The Morgan fingerprint density at radius 2 is 2.29 bits per heavy atom. The van der Waals surface area contributed by atoms with E-state index in [2.05, 4.69) is 15.9 Å². The van der Waals surface area contributed by atoms with Crippen LogP contribution in [0.5, 0.6) is 17.2 Å². The first-order valence-corrected chi connectivity index (χ1v) is 5.58. The lowest BCUT2D eigenvalue weighted by Crippen LogP contribution is -2.32. The molecule has 1 unspecified atom stereocenters. The predicted molar refractivity (Wildman–Crippen MR) is 61.2 cm³/mol. The van der Waals surface area contributed by atoms with Crippen molar-refractivity contribution in [1.29, 1.82) is 0 Å². The maximum atomic E-state index is 10.7. The quantitative estimate of drug-likeness (QED) is 0.765. The first-order chi connectivity index (χ1) is 8.00. The molecule has 0 aromatic heterocycles. The normalized spacial score (nSPS) is 14.7. The zero-order valence-corrected chi connectivity index (χ0v) is 10.2. The summed E-state index contributed by atoms with van der Waals surface area (Å²) in [6.07, 6.45) is 0.0103. The molecular weight excluding hydrogens is 294 g/mol. The number of fused-ring (bicyclic) bond motifs is 1. The van der Waals surface area contributed by atoms with Crippen molar-refractivity contribution < 1.29 is 24.5 Å². The summed E-state index contributed by atoms with van der Waals surface area (Å²) in [4.78, 5) is 10.7. The van der Waals surface area contributed by atoms with Crippen LogP contribution < -0.4 is 15.2 Å². The van der Waals surface area contributed by atoms with Gasteiger partial charge in [-0.2, -0.15) is 0 Å². The van der Waals surface area contributed by atoms with Crippen LogP contribution in [0.25, 0.3) is 0 Å². The van der Waals surface area contributed by atoms with Gasteiger partial charge >= 0.3 is 5.97 Å². The molecule has 2 rings (SSSR count). The fourth-order valence-electron chi connectivity index (χ4n) is 1.52. The molecular formula is C10H10BrNO5. The van der Waals surface area contributed by atoms with E-state index in [4.69, 9.17) is 20.3 Å². The van der Waals surface area contributed by atoms with Gasteiger partial charge in [0.15, 0.2) is 11.5 Å². The van der Waals surface area contributed by atoms with Gasteiger partial charge in [-0.3, -0.25) is 4.79 Å². The van der Waals surface area contributed by atoms with Crippen molar-refractivity contribution in [3.05, 3.63) is 16.1 Å². The summed E-state index contributed by atoms with van der Waals surface area (Å²) in [6.45, 7) is 0.0712. The smallest absolute Gasteiger partial charge is 0.320 e. The molecule has 1 heterocycles. The molecule has 0 saturated carbocycles. The lowest BCUT2D eigenvalue weighted by atomic mass is 10.0. The van der Waals surface area contributed by atoms with Crippen LogP contribution in [-0.2, 0) is 11.2 Å². The molecule has 0 fully saturated rings. The average Bonchev–Trinajstić information content (AvgIpc) is 2.73. The van der Waals surface area contributed by atoms with E-state index < -0.39 is 12.0 Å². The highest BCUT2D eigenvalue weighted by Crippen LogP contribution is 2.46. The van der Waals surface area contributed by atoms with Gasteiger partial charge < -0.3 is 25.4 Å². The van der Waals surface area contributed by atoms with Crippen LogP contribution in [0, 0.1) is 0 Å². The second-order valence-corrected chi connectivity index (χ2v) is 4.37. The van der Waals surface area contributed by atoms with Crippen LogP contribution in [0.1, 0.15) is 5.56 Å². The predicted octanol–water partition coefficient (Wildman–Crippen LogP) is 0.838. The fraction of sp³-hybridized carbons (Fsp3) is 0.300. The minimum absolute atomic E-state index is 0.0103. The van der Waals surface area contributed by atoms with Gasteiger partial charge in [0.25, 0.3) is 0 Å². The maximum absolute atomic E-state index is 10.7. The van der Waals surface area contributed by atoms with Crippen LogP contribution in [0.3, 0.4) is 0 Å². The van der Waals surface area contributed by atoms with E-state index in [0.717, 1.165) is 0 Å². The highest BCUT2D eigenvalue weighted by molar-refractivity contribution is 9.10. The zero-order chi connectivity index (χ0) is 12.6. The zero-order valence-electron chi connectivity index (χ0n) is 8.64. The van der Waals surface area contributed by atoms with Crippen molar-refractivity contribution in [3.63, 3.8) is 0 Å². The van der Waals surface area contributed by atoms with Crippen LogP contribution in [-0.4, -0.2) is 29.0 Å². The van der Waals surface area contributed by atoms with E-state index in [0.29, 0.717) is 21.5 Å². The molecule has 4 N–H and O–H groups in total. The number of carboxylic acids is 1. The summed E-state index contributed by atoms with van der Waals surface area (Å²) in [5, 5.41) is 18.6. The lowest BCUT2D eigenvalue weighted by Gasteiger charge is -2.11. The molecule has 1 aliphatic heterocycles. The molecule has 1 atom stereocenters. The van der Waals surface area contributed by atoms with E-state index in [1.54, 1.807) is 0 Å². The summed E-state index contributed by atoms with van der Waals surface area (Å²) < 4.78 is 10.7. The standard InChI is InChI=1S/C10H10BrNO5/c11-7-8(13)4(1-5(12)10(14)15)2-6-9(7)17-3-16-6/h2,5,13H,1,3,12H2,(H,14,15). The lowest BCUT2D eigenvalue weighted by molar-refractivity contribution is -0.138. The molecule has 0 spiro atoms. The molecule has 7 heteroatoms. The Labute approximate surface area is 105 Å². The number of hydrogen-bond donors (Lipinski definition) is 3. The molecule has 6 nitrogen and oxygen atoms in total. The number of aliphatic carboxylic acids is 1. The summed E-state index contributed by atoms with van der Waals surface area (Å²) in [6, 6.07) is 0.457. The number of ether oxygens (including phenoxy) is 2. The van der Waals surface area contributed by atoms with Crippen LogP contribution >= 0.6 is 15.9 Å². The molecule has 0 aliphatic carbocycles. The summed E-state index contributed by atoms with van der Waals surface area (Å²) in [5.74, 6) is -0.332. The Bertz CT molecular complexity index is 476. The topological polar surface area (TPSA) is 102 Å². The third kappa shape index (κ3) is 2.16. The Morgan fingerprint density at radius 1 is 1.59 bits per heavy atom. The van der Waals surface area contributed by atoms with Gasteiger partial charge in [0, 0.05) is 12.0 Å². The monoisotopic (exact) mass is 303 g/mol. The number of benzene rings is 1. The van der Waals surface area contributed by atoms with E-state index in [1.165, 1.54) is 6.07 Å². The first kappa shape index (κ1) is 12.0. The van der Waals surface area contributed by atoms with E-state index in [1.807, 2.05) is 0 Å². The number of hydrogen-bond acceptors (Lipinski definition) is 5. The van der Waals surface area contributed by atoms with Crippen molar-refractivity contribution in [1.82, 2.24) is 0 Å². The summed E-state index contributed by atoms with van der Waals surface area (Å²) in [5.41, 5.74) is 5.81. The molecule has 0 amide bonds. The van der Waals surface area contributed by atoms with Gasteiger partial charge in [0.05, 0.1) is 0 Å². The van der Waals surface area contributed by atoms with E-state index >= 15 is 0 Å². The second kappa shape index (κ2) is 4.42. The summed E-state index contributed by atoms with van der Waals surface area (Å²) >= 11 is 3.17. The van der Waals surface area contributed by atoms with Gasteiger partial charge in [-0.25, -0.2) is 0 Å². The summed E-state index contributed by atoms with van der Waals surface area (Å²) in [7, 11) is 0. The van der Waals surface area contributed by atoms with Crippen molar-refractivity contribution in [2.75, 3.05) is 6.79 Å². The van der Waals surface area contributed by atoms with Gasteiger partial charge in [-0.15, -0.1) is 0 Å². The van der Waals surface area contributed by atoms with Crippen molar-refractivity contribution in [3.8, 4) is 17.2 Å². The van der Waals surface area contributed by atoms with Crippen LogP contribution in [0.2, 0.25) is 0 Å². The van der Waals surface area contributed by atoms with Gasteiger partial charge in [0.1, 0.15) is 16.3 Å². The highest BCUT2D eigenvalue weighted by atomic mass is 79.9. The van der Waals surface area contributed by atoms with Gasteiger partial charge in [-0.05, 0) is 22.0 Å². The van der Waals surface area contributed by atoms with Gasteiger partial charge in [0.2, 0.25) is 6.79 Å². The van der Waals surface area contributed by atoms with Crippen molar-refractivity contribution in [2.45, 2.75) is 12.5 Å². The Balaban J connectivity index is 2.36. The van der Waals surface area contributed by atoms with Crippen LogP contribution in [0.4, 0.5) is 0 Å². The van der Waals surface area contributed by atoms with E-state index in [9.17, 15) is 9.90 Å². The third-order valence-corrected chi connectivity index (χ3v) is 3.15. The number of rotatable bonds is 3. The molecule has 1 aromatic rings. The molecule has 17 heavy (non-hydrogen) atoms. The number of halogens is 1. The Morgan fingerprint density at radius 3 is 2.94 bits per heavy atom. The number of aromatic hydroxyl groups is 1. The highest BCUT2D eigenvalue weighted by Gasteiger charge is 2.24. The van der Waals surface area contributed by atoms with Gasteiger partial charge in [-0.1, -0.05) is 0 Å². The molecule has 0 bridgehead atoms. The molecule has 92 valence electrons. The average molecular weight is 304 g/mol. The molecule has 0 saturated heterocycles.